The topological polar surface area (TPSA) is 50.4 Å². The number of carbonyl (C=O) groups excluding carboxylic acids is 1. The molecule has 0 spiro atoms. The number of phenolic OH excluding ortho intramolecular Hbond substituents is 1. The van der Waals surface area contributed by atoms with Gasteiger partial charge in [-0.1, -0.05) is 42.5 Å². The summed E-state index contributed by atoms with van der Waals surface area (Å²) in [5.41, 5.74) is -12.8. The summed E-state index contributed by atoms with van der Waals surface area (Å²) in [6.07, 6.45) is -7.22. The summed E-state index contributed by atoms with van der Waals surface area (Å²) >= 11 is 0. The molecule has 0 unspecified atom stereocenters. The molecular formula is C47H18BF20NO3. The molecule has 0 saturated carbocycles. The lowest BCUT2D eigenvalue weighted by Gasteiger charge is -2.44. The number of Topliss-reactive ketones (excluding diaryl/α,β-unsaturated/α-hetero) is 1. The number of aromatic hydroxyl groups is 1. The van der Waals surface area contributed by atoms with Crippen LogP contribution in [0.4, 0.5) is 87.8 Å². The third-order valence-electron chi connectivity index (χ3n) is 11.1. The number of pyridine rings is 1. The minimum Gasteiger partial charge on any atom is -0.508 e. The number of rotatable bonds is 9. The van der Waals surface area contributed by atoms with Crippen LogP contribution in [0.25, 0.3) is 10.9 Å². The largest absolute Gasteiger partial charge is 0.508 e. The molecule has 0 saturated heterocycles. The van der Waals surface area contributed by atoms with Crippen molar-refractivity contribution >= 4 is 44.7 Å². The Morgan fingerprint density at radius 3 is 1.07 bits per heavy atom. The van der Waals surface area contributed by atoms with Crippen LogP contribution in [0.15, 0.2) is 91.0 Å². The number of phenols is 1. The van der Waals surface area contributed by atoms with Crippen molar-refractivity contribution in [2.24, 2.45) is 0 Å². The summed E-state index contributed by atoms with van der Waals surface area (Å²) in [6.45, 7) is 0.165. The highest BCUT2D eigenvalue weighted by atomic mass is 19.2. The molecule has 372 valence electrons. The molecule has 0 aliphatic carbocycles. The van der Waals surface area contributed by atoms with Crippen molar-refractivity contribution in [1.29, 1.82) is 0 Å². The van der Waals surface area contributed by atoms with E-state index in [2.05, 4.69) is 0 Å². The summed E-state index contributed by atoms with van der Waals surface area (Å²) in [5, 5.41) is 10.5. The first-order chi connectivity index (χ1) is 33.9. The molecule has 25 heteroatoms. The van der Waals surface area contributed by atoms with Crippen molar-refractivity contribution in [3.05, 3.63) is 213 Å². The van der Waals surface area contributed by atoms with E-state index < -0.39 is 144 Å². The fourth-order valence-electron chi connectivity index (χ4n) is 7.86. The number of halogens is 20. The Balaban J connectivity index is 0.000000238. The Morgan fingerprint density at radius 1 is 0.389 bits per heavy atom. The van der Waals surface area contributed by atoms with E-state index in [0.29, 0.717) is 17.2 Å². The lowest BCUT2D eigenvalue weighted by molar-refractivity contribution is -0.661. The Hall–Kier alpha value is -8.12. The van der Waals surface area contributed by atoms with Gasteiger partial charge in [-0.15, -0.1) is 21.9 Å². The highest BCUT2D eigenvalue weighted by Gasteiger charge is 2.52. The first-order valence-corrected chi connectivity index (χ1v) is 19.6. The molecule has 0 atom stereocenters. The van der Waals surface area contributed by atoms with Crippen molar-refractivity contribution in [3.63, 3.8) is 0 Å². The molecule has 4 nitrogen and oxygen atoms in total. The van der Waals surface area contributed by atoms with Gasteiger partial charge < -0.3 is 9.84 Å². The number of ether oxygens (including phenoxy) is 1. The van der Waals surface area contributed by atoms with Crippen molar-refractivity contribution in [2.45, 2.75) is 6.54 Å². The number of para-hydroxylation sites is 1. The van der Waals surface area contributed by atoms with E-state index in [1.54, 1.807) is 24.3 Å². The molecule has 72 heavy (non-hydrogen) atoms. The smallest absolute Gasteiger partial charge is 0.374 e. The van der Waals surface area contributed by atoms with Crippen LogP contribution in [0.3, 0.4) is 0 Å². The first-order valence-electron chi connectivity index (χ1n) is 19.6. The van der Waals surface area contributed by atoms with Gasteiger partial charge in [0.2, 0.25) is 17.8 Å². The molecule has 1 aromatic heterocycles. The monoisotopic (exact) mass is 1040 g/mol. The number of nitrogens with zero attached hydrogens (tertiary/aromatic N) is 1. The molecule has 0 fully saturated rings. The third-order valence-corrected chi connectivity index (χ3v) is 11.1. The van der Waals surface area contributed by atoms with Crippen LogP contribution >= 0.6 is 0 Å². The van der Waals surface area contributed by atoms with Gasteiger partial charge in [0.25, 0.3) is 0 Å². The van der Waals surface area contributed by atoms with Crippen molar-refractivity contribution in [3.8, 4) is 17.4 Å². The molecule has 0 bridgehead atoms. The molecule has 0 amide bonds. The summed E-state index contributed by atoms with van der Waals surface area (Å²) in [4.78, 5) is 12.8. The van der Waals surface area contributed by atoms with Crippen molar-refractivity contribution in [1.82, 2.24) is 0 Å². The molecule has 1 heterocycles. The molecular weight excluding hydrogens is 1020 g/mol. The maximum absolute atomic E-state index is 15.4. The fraction of sp³-hybridized carbons (Fsp3) is 0.0213. The van der Waals surface area contributed by atoms with Gasteiger partial charge in [0.05, 0.1) is 6.07 Å². The van der Waals surface area contributed by atoms with Crippen molar-refractivity contribution in [2.75, 3.05) is 0 Å². The van der Waals surface area contributed by atoms with Crippen LogP contribution < -0.4 is 31.2 Å². The number of benzene rings is 7. The minimum absolute atomic E-state index is 0.00695. The van der Waals surface area contributed by atoms with Gasteiger partial charge in [-0.2, -0.15) is 4.57 Å². The van der Waals surface area contributed by atoms with Crippen molar-refractivity contribution < 1.29 is 107 Å². The Morgan fingerprint density at radius 2 is 0.708 bits per heavy atom. The first kappa shape index (κ1) is 51.7. The highest BCUT2D eigenvalue weighted by Crippen LogP contribution is 2.31. The van der Waals surface area contributed by atoms with E-state index in [-0.39, 0.29) is 18.1 Å². The van der Waals surface area contributed by atoms with Gasteiger partial charge in [-0.25, -0.2) is 87.8 Å². The number of fused-ring (bicyclic) bond motifs is 1. The molecule has 1 N–H and O–H groups in total. The van der Waals surface area contributed by atoms with Crippen LogP contribution in [-0.4, -0.2) is 17.0 Å². The van der Waals surface area contributed by atoms with E-state index >= 15 is 35.1 Å². The second-order valence-corrected chi connectivity index (χ2v) is 15.0. The molecule has 8 rings (SSSR count). The Bertz CT molecular complexity index is 3130. The highest BCUT2D eigenvalue weighted by molar-refractivity contribution is 7.20. The zero-order chi connectivity index (χ0) is 53.0. The molecule has 0 radical (unpaired) electrons. The number of aromatic nitrogens is 1. The molecule has 7 aromatic carbocycles. The zero-order valence-electron chi connectivity index (χ0n) is 34.7. The predicted molar refractivity (Wildman–Crippen MR) is 212 cm³/mol. The summed E-state index contributed by atoms with van der Waals surface area (Å²) < 4.78 is 302. The average molecular weight is 1040 g/mol. The standard InChI is InChI=1S/C24BF20.C23H17NO3/c26-5-1(6(27)14(35)21(42)13(5)34)25(2-7(28)15(36)22(43)16(37)8(2)29,3-9(30)17(38)23(44)18(39)10(3)31)4-11(32)19(40)24(45)20(41)12(4)33;25-19-11-13-20(14-12-19)27-23-15-10-17-6-4-5-9-21(17)24(23)16-22(26)18-7-2-1-3-8-18/h;1-15H,16H2/q-1;/p+1. The van der Waals surface area contributed by atoms with E-state index in [4.69, 9.17) is 4.74 Å². The fourth-order valence-corrected chi connectivity index (χ4v) is 7.86. The second-order valence-electron chi connectivity index (χ2n) is 15.0. The number of hydrogen-bond acceptors (Lipinski definition) is 3. The van der Waals surface area contributed by atoms with Gasteiger partial charge in [0, 0.05) is 17.0 Å². The van der Waals surface area contributed by atoms with E-state index in [1.807, 2.05) is 71.3 Å². The van der Waals surface area contributed by atoms with Crippen LogP contribution in [0.5, 0.6) is 17.4 Å². The number of ketones is 1. The maximum Gasteiger partial charge on any atom is 0.374 e. The minimum atomic E-state index is -7.22. The SMILES string of the molecule is Fc1c(F)c(F)c([B-](c2c(F)c(F)c(F)c(F)c2F)(c2c(F)c(F)c(F)c(F)c2F)c2c(F)c(F)c(F)c(F)c2F)c(F)c1F.O=C(C[n+]1c(Oc2ccc(O)cc2)ccc2ccccc21)c1ccccc1. The van der Waals surface area contributed by atoms with Gasteiger partial charge in [-0.3, -0.25) is 4.79 Å². The van der Waals surface area contributed by atoms with Gasteiger partial charge in [0.15, 0.2) is 69.8 Å². The summed E-state index contributed by atoms with van der Waals surface area (Å²) in [7, 11) is 0. The Labute approximate surface area is 388 Å². The van der Waals surface area contributed by atoms with Gasteiger partial charge in [0.1, 0.15) is 64.2 Å². The number of carbonyl (C=O) groups is 1. The van der Waals surface area contributed by atoms with E-state index in [9.17, 15) is 62.6 Å². The molecule has 0 aliphatic heterocycles. The zero-order valence-corrected chi connectivity index (χ0v) is 34.7. The quantitative estimate of drug-likeness (QED) is 0.0392. The summed E-state index contributed by atoms with van der Waals surface area (Å²) in [6, 6.07) is 27.4. The number of hydrogen-bond donors (Lipinski definition) is 1. The predicted octanol–water partition coefficient (Wildman–Crippen LogP) is 10.4. The average Bonchev–Trinajstić information content (AvgIpc) is 3.37. The van der Waals surface area contributed by atoms with Gasteiger partial charge in [-0.05, 0) is 36.4 Å². The molecule has 8 aromatic rings. The summed E-state index contributed by atoms with van der Waals surface area (Å²) in [5.74, 6) is -70.1. The normalized spacial score (nSPS) is 11.5. The third kappa shape index (κ3) is 8.34. The molecule has 0 aliphatic rings. The van der Waals surface area contributed by atoms with E-state index in [1.165, 1.54) is 0 Å². The van der Waals surface area contributed by atoms with E-state index in [0.717, 1.165) is 10.9 Å². The second kappa shape index (κ2) is 19.6. The van der Waals surface area contributed by atoms with Gasteiger partial charge >= 0.3 is 5.88 Å². The lowest BCUT2D eigenvalue weighted by atomic mass is 9.12. The van der Waals surface area contributed by atoms with Crippen LogP contribution in [0.1, 0.15) is 10.4 Å². The maximum atomic E-state index is 15.4. The Kier molecular flexibility index (Phi) is 14.1. The van der Waals surface area contributed by atoms with Crippen LogP contribution in [-0.2, 0) is 6.54 Å². The lowest BCUT2D eigenvalue weighted by Crippen LogP contribution is -2.81. The van der Waals surface area contributed by atoms with Crippen LogP contribution in [0.2, 0.25) is 0 Å². The van der Waals surface area contributed by atoms with Crippen LogP contribution in [0, 0.1) is 116 Å².